The van der Waals surface area contributed by atoms with Gasteiger partial charge in [0.1, 0.15) is 5.78 Å². The summed E-state index contributed by atoms with van der Waals surface area (Å²) in [4.78, 5) is 22.3. The molecule has 1 unspecified atom stereocenters. The van der Waals surface area contributed by atoms with Gasteiger partial charge in [0.15, 0.2) is 0 Å². The van der Waals surface area contributed by atoms with Crippen molar-refractivity contribution in [3.8, 4) is 0 Å². The predicted octanol–water partition coefficient (Wildman–Crippen LogP) is 2.59. The maximum Gasteiger partial charge on any atom is 0.303 e. The van der Waals surface area contributed by atoms with Crippen LogP contribution in [0.5, 0.6) is 0 Å². The smallest absolute Gasteiger partial charge is 0.303 e. The van der Waals surface area contributed by atoms with Crippen molar-refractivity contribution in [3.05, 3.63) is 0 Å². The fourth-order valence-electron chi connectivity index (χ4n) is 2.77. The van der Waals surface area contributed by atoms with E-state index in [1.54, 1.807) is 0 Å². The number of ketones is 1. The van der Waals surface area contributed by atoms with Crippen LogP contribution in [0.4, 0.5) is 0 Å². The van der Waals surface area contributed by atoms with E-state index in [1.807, 2.05) is 0 Å². The first-order valence-electron chi connectivity index (χ1n) is 9.98. The molecule has 0 aromatic heterocycles. The van der Waals surface area contributed by atoms with Crippen molar-refractivity contribution in [1.82, 2.24) is 5.32 Å². The van der Waals surface area contributed by atoms with Crippen LogP contribution >= 0.6 is 0 Å². The number of hydrogen-bond acceptors (Lipinski definition) is 5. The Hall–Kier alpha value is -0.980. The molecule has 1 atom stereocenters. The summed E-state index contributed by atoms with van der Waals surface area (Å²) >= 11 is 0. The van der Waals surface area contributed by atoms with Crippen molar-refractivity contribution < 1.29 is 14.7 Å². The Balaban J connectivity index is 3.32. The van der Waals surface area contributed by atoms with Gasteiger partial charge in [0.05, 0.1) is 6.04 Å². The van der Waals surface area contributed by atoms with Gasteiger partial charge in [-0.25, -0.2) is 0 Å². The Bertz CT molecular complexity index is 338. The topological polar surface area (TPSA) is 118 Å². The Morgan fingerprint density at radius 3 is 2.00 bits per heavy atom. The predicted molar refractivity (Wildman–Crippen MR) is 103 cm³/mol. The maximum atomic E-state index is 11.9. The first-order chi connectivity index (χ1) is 12.1. The van der Waals surface area contributed by atoms with E-state index in [9.17, 15) is 9.59 Å². The third-order valence-corrected chi connectivity index (χ3v) is 4.40. The van der Waals surface area contributed by atoms with Gasteiger partial charge in [0.25, 0.3) is 0 Å². The zero-order valence-electron chi connectivity index (χ0n) is 15.8. The zero-order chi connectivity index (χ0) is 18.8. The van der Waals surface area contributed by atoms with Crippen molar-refractivity contribution in [3.63, 3.8) is 0 Å². The summed E-state index contributed by atoms with van der Waals surface area (Å²) in [5, 5.41) is 11.9. The van der Waals surface area contributed by atoms with Crippen LogP contribution in [0, 0.1) is 0 Å². The lowest BCUT2D eigenvalue weighted by Gasteiger charge is -2.10. The highest BCUT2D eigenvalue weighted by Crippen LogP contribution is 2.11. The first kappa shape index (κ1) is 24.0. The third kappa shape index (κ3) is 17.6. The summed E-state index contributed by atoms with van der Waals surface area (Å²) < 4.78 is 0. The molecule has 25 heavy (non-hydrogen) atoms. The number of nitrogens with two attached hydrogens (primary N) is 2. The summed E-state index contributed by atoms with van der Waals surface area (Å²) in [7, 11) is 0. The van der Waals surface area contributed by atoms with Gasteiger partial charge in [-0.3, -0.25) is 9.59 Å². The number of carbonyl (C=O) groups excluding carboxylic acids is 1. The third-order valence-electron chi connectivity index (χ3n) is 4.40. The van der Waals surface area contributed by atoms with Crippen LogP contribution in [0.15, 0.2) is 0 Å². The quantitative estimate of drug-likeness (QED) is 0.264. The molecule has 0 aliphatic carbocycles. The largest absolute Gasteiger partial charge is 0.481 e. The maximum absolute atomic E-state index is 11.9. The summed E-state index contributed by atoms with van der Waals surface area (Å²) in [5.74, 6) is -0.665. The lowest BCUT2D eigenvalue weighted by Crippen LogP contribution is -2.30. The second kappa shape index (κ2) is 17.8. The highest BCUT2D eigenvalue weighted by molar-refractivity contribution is 5.83. The van der Waals surface area contributed by atoms with Crippen molar-refractivity contribution in [2.75, 3.05) is 19.6 Å². The monoisotopic (exact) mass is 357 g/mol. The minimum Gasteiger partial charge on any atom is -0.481 e. The van der Waals surface area contributed by atoms with Crippen molar-refractivity contribution >= 4 is 11.8 Å². The molecule has 0 bridgehead atoms. The Labute approximate surface area is 153 Å². The van der Waals surface area contributed by atoms with Gasteiger partial charge in [-0.05, 0) is 51.7 Å². The average Bonchev–Trinajstić information content (AvgIpc) is 2.59. The van der Waals surface area contributed by atoms with E-state index in [-0.39, 0.29) is 12.2 Å². The van der Waals surface area contributed by atoms with Gasteiger partial charge >= 0.3 is 5.97 Å². The van der Waals surface area contributed by atoms with Crippen LogP contribution in [0.3, 0.4) is 0 Å². The number of hydrogen-bond donors (Lipinski definition) is 4. The van der Waals surface area contributed by atoms with Gasteiger partial charge < -0.3 is 21.9 Å². The molecule has 0 aromatic rings. The van der Waals surface area contributed by atoms with Crippen molar-refractivity contribution in [2.24, 2.45) is 11.5 Å². The Morgan fingerprint density at radius 2 is 1.36 bits per heavy atom. The van der Waals surface area contributed by atoms with Crippen LogP contribution in [0.1, 0.15) is 83.5 Å². The molecule has 0 spiro atoms. The number of aliphatic carboxylic acids is 1. The van der Waals surface area contributed by atoms with Gasteiger partial charge in [0.2, 0.25) is 0 Å². The van der Waals surface area contributed by atoms with E-state index in [4.69, 9.17) is 16.6 Å². The molecule has 0 heterocycles. The second-order valence-corrected chi connectivity index (χ2v) is 6.83. The normalized spacial score (nSPS) is 12.2. The summed E-state index contributed by atoms with van der Waals surface area (Å²) in [6.45, 7) is 2.86. The lowest BCUT2D eigenvalue weighted by molar-refractivity contribution is -0.137. The number of rotatable bonds is 19. The molecular formula is C19H39N3O3. The van der Waals surface area contributed by atoms with Gasteiger partial charge in [0, 0.05) is 12.8 Å². The molecule has 0 aliphatic rings. The Morgan fingerprint density at radius 1 is 0.800 bits per heavy atom. The van der Waals surface area contributed by atoms with E-state index < -0.39 is 12.0 Å². The summed E-state index contributed by atoms with van der Waals surface area (Å²) in [6, 6.07) is -0.416. The van der Waals surface area contributed by atoms with Crippen LogP contribution in [-0.2, 0) is 9.59 Å². The molecular weight excluding hydrogens is 318 g/mol. The summed E-state index contributed by atoms with van der Waals surface area (Å²) in [6.07, 6.45) is 11.8. The second-order valence-electron chi connectivity index (χ2n) is 6.83. The van der Waals surface area contributed by atoms with E-state index in [0.29, 0.717) is 25.7 Å². The summed E-state index contributed by atoms with van der Waals surface area (Å²) in [5.41, 5.74) is 11.3. The molecule has 6 nitrogen and oxygen atoms in total. The van der Waals surface area contributed by atoms with Crippen molar-refractivity contribution in [1.29, 1.82) is 0 Å². The number of carboxylic acid groups (broad SMARTS) is 1. The number of nitrogens with one attached hydrogen (secondary N) is 1. The van der Waals surface area contributed by atoms with Gasteiger partial charge in [-0.1, -0.05) is 38.5 Å². The number of Topliss-reactive ketones (excluding diaryl/α,β-unsaturated/α-hetero) is 1. The van der Waals surface area contributed by atoms with Crippen LogP contribution in [-0.4, -0.2) is 42.5 Å². The number of carbonyl (C=O) groups is 2. The minimum atomic E-state index is -0.789. The molecule has 0 aromatic carbocycles. The molecule has 0 aliphatic heterocycles. The van der Waals surface area contributed by atoms with E-state index in [0.717, 1.165) is 38.9 Å². The number of unbranched alkanes of at least 4 members (excludes halogenated alkanes) is 7. The fraction of sp³-hybridized carbons (Fsp3) is 0.895. The fourth-order valence-corrected chi connectivity index (χ4v) is 2.77. The lowest BCUT2D eigenvalue weighted by atomic mass is 10.00. The van der Waals surface area contributed by atoms with Crippen molar-refractivity contribution in [2.45, 2.75) is 89.5 Å². The standard InChI is InChI=1S/C19H39N3O3/c20-14-10-16-22-15-9-5-3-1-2-4-6-12-18(23)17(21)11-7-8-13-19(24)25/h17,22H,1-16,20-21H2,(H,24,25). The van der Waals surface area contributed by atoms with E-state index >= 15 is 0 Å². The van der Waals surface area contributed by atoms with Crippen LogP contribution in [0.25, 0.3) is 0 Å². The number of carboxylic acids is 1. The highest BCUT2D eigenvalue weighted by atomic mass is 16.4. The molecule has 0 radical (unpaired) electrons. The van der Waals surface area contributed by atoms with E-state index in [2.05, 4.69) is 5.32 Å². The van der Waals surface area contributed by atoms with Crippen LogP contribution < -0.4 is 16.8 Å². The average molecular weight is 358 g/mol. The molecule has 0 saturated heterocycles. The molecule has 0 rings (SSSR count). The first-order valence-corrected chi connectivity index (χ1v) is 9.98. The van der Waals surface area contributed by atoms with Gasteiger partial charge in [-0.15, -0.1) is 0 Å². The molecule has 148 valence electrons. The zero-order valence-corrected chi connectivity index (χ0v) is 15.8. The van der Waals surface area contributed by atoms with Gasteiger partial charge in [-0.2, -0.15) is 0 Å². The highest BCUT2D eigenvalue weighted by Gasteiger charge is 2.12. The molecule has 6 heteroatoms. The molecule has 6 N–H and O–H groups in total. The Kier molecular flexibility index (Phi) is 17.1. The molecule has 0 amide bonds. The molecule has 0 saturated carbocycles. The minimum absolute atomic E-state index is 0.124. The van der Waals surface area contributed by atoms with E-state index in [1.165, 1.54) is 32.1 Å². The SMILES string of the molecule is NCCCNCCCCCCCCCC(=O)C(N)CCCCC(=O)O. The molecule has 0 fully saturated rings. The van der Waals surface area contributed by atoms with Crippen LogP contribution in [0.2, 0.25) is 0 Å².